The quantitative estimate of drug-likeness (QED) is 0.409. The van der Waals surface area contributed by atoms with Gasteiger partial charge in [-0.1, -0.05) is 86.5 Å². The highest BCUT2D eigenvalue weighted by molar-refractivity contribution is 7.98. The Morgan fingerprint density at radius 3 is 2.68 bits per heavy atom. The molecule has 34 heavy (non-hydrogen) atoms. The molecule has 4 rings (SSSR count). The molecule has 0 aliphatic carbocycles. The molecule has 0 radical (unpaired) electrons. The highest BCUT2D eigenvalue weighted by Gasteiger charge is 2.35. The molecule has 0 saturated carbocycles. The van der Waals surface area contributed by atoms with Gasteiger partial charge >= 0.3 is 0 Å². The number of piperazine rings is 1. The van der Waals surface area contributed by atoms with Crippen LogP contribution in [0, 0.1) is 0 Å². The van der Waals surface area contributed by atoms with Crippen molar-refractivity contribution < 1.29 is 4.79 Å². The van der Waals surface area contributed by atoms with Crippen LogP contribution in [0.15, 0.2) is 72.8 Å². The van der Waals surface area contributed by atoms with Crippen LogP contribution in [-0.4, -0.2) is 47.8 Å². The summed E-state index contributed by atoms with van der Waals surface area (Å²) in [5.41, 5.74) is 8.79. The summed E-state index contributed by atoms with van der Waals surface area (Å²) >= 11 is 1.88. The highest BCUT2D eigenvalue weighted by Crippen LogP contribution is 2.26. The lowest BCUT2D eigenvalue weighted by Crippen LogP contribution is -2.61. The Labute approximate surface area is 208 Å². The molecule has 5 heteroatoms. The molecule has 3 aromatic carbocycles. The van der Waals surface area contributed by atoms with E-state index in [0.717, 1.165) is 66.6 Å². The summed E-state index contributed by atoms with van der Waals surface area (Å²) in [6, 6.07) is 25.2. The number of hydrogen-bond acceptors (Lipinski definition) is 4. The smallest absolute Gasteiger partial charge is 0.254 e. The van der Waals surface area contributed by atoms with E-state index in [1.54, 1.807) is 0 Å². The Balaban J connectivity index is 1.49. The van der Waals surface area contributed by atoms with Gasteiger partial charge in [-0.15, -0.1) is 0 Å². The second-order valence-electron chi connectivity index (χ2n) is 9.29. The van der Waals surface area contributed by atoms with Crippen LogP contribution in [0.2, 0.25) is 0 Å². The Bertz CT molecular complexity index is 1050. The van der Waals surface area contributed by atoms with Gasteiger partial charge in [0.25, 0.3) is 5.91 Å². The molecule has 0 bridgehead atoms. The van der Waals surface area contributed by atoms with Gasteiger partial charge in [-0.25, -0.2) is 0 Å². The van der Waals surface area contributed by atoms with Crippen molar-refractivity contribution in [1.82, 2.24) is 10.2 Å². The van der Waals surface area contributed by atoms with E-state index in [0.29, 0.717) is 0 Å². The third kappa shape index (κ3) is 6.21. The third-order valence-corrected chi connectivity index (χ3v) is 7.96. The molecule has 3 aromatic rings. The molecule has 1 fully saturated rings. The fourth-order valence-corrected chi connectivity index (χ4v) is 5.98. The van der Waals surface area contributed by atoms with Gasteiger partial charge in [0.1, 0.15) is 0 Å². The van der Waals surface area contributed by atoms with Gasteiger partial charge in [-0.3, -0.25) is 4.79 Å². The van der Waals surface area contributed by atoms with E-state index >= 15 is 0 Å². The van der Waals surface area contributed by atoms with Crippen LogP contribution in [0.3, 0.4) is 0 Å². The van der Waals surface area contributed by atoms with Gasteiger partial charge in [0, 0.05) is 48.3 Å². The third-order valence-electron chi connectivity index (χ3n) is 6.76. The van der Waals surface area contributed by atoms with Crippen LogP contribution < -0.4 is 11.1 Å². The number of nitrogens with zero attached hydrogens (tertiary/aromatic N) is 1. The Kier molecular flexibility index (Phi) is 9.03. The minimum absolute atomic E-state index is 0.0468. The summed E-state index contributed by atoms with van der Waals surface area (Å²) in [5.74, 6) is 1.99. The second kappa shape index (κ2) is 12.4. The first-order valence-electron chi connectivity index (χ1n) is 12.6. The van der Waals surface area contributed by atoms with Gasteiger partial charge < -0.3 is 16.0 Å². The van der Waals surface area contributed by atoms with Crippen LogP contribution in [-0.2, 0) is 5.75 Å². The van der Waals surface area contributed by atoms with Crippen LogP contribution >= 0.6 is 11.8 Å². The first-order valence-corrected chi connectivity index (χ1v) is 13.7. The Hall–Kier alpha value is -2.34. The van der Waals surface area contributed by atoms with Gasteiger partial charge in [-0.05, 0) is 35.2 Å². The minimum atomic E-state index is 0.0468. The van der Waals surface area contributed by atoms with Crippen LogP contribution in [0.1, 0.15) is 48.5 Å². The average molecular weight is 476 g/mol. The number of rotatable bonds is 10. The van der Waals surface area contributed by atoms with Crippen molar-refractivity contribution in [3.8, 4) is 0 Å². The summed E-state index contributed by atoms with van der Waals surface area (Å²) in [6.07, 6.45) is 4.20. The molecule has 4 nitrogen and oxygen atoms in total. The SMILES string of the molecule is CCCC[C@@H]1NCCN(C(=O)c2cccc3ccccc23)C1C[C@@H](N)CSCc1ccccc1. The molecular formula is C29H37N3OS. The van der Waals surface area contributed by atoms with Crippen molar-refractivity contribution in [2.75, 3.05) is 18.8 Å². The maximum atomic E-state index is 13.9. The maximum Gasteiger partial charge on any atom is 0.254 e. The number of benzene rings is 3. The molecule has 3 atom stereocenters. The average Bonchev–Trinajstić information content (AvgIpc) is 2.88. The number of carbonyl (C=O) groups is 1. The molecule has 1 unspecified atom stereocenters. The first kappa shape index (κ1) is 24.8. The topological polar surface area (TPSA) is 58.4 Å². The lowest BCUT2D eigenvalue weighted by atomic mass is 9.92. The predicted octanol–water partition coefficient (Wildman–Crippen LogP) is 5.46. The summed E-state index contributed by atoms with van der Waals surface area (Å²) in [5, 5.41) is 5.84. The van der Waals surface area contributed by atoms with Crippen molar-refractivity contribution in [3.05, 3.63) is 83.9 Å². The predicted molar refractivity (Wildman–Crippen MR) is 145 cm³/mol. The van der Waals surface area contributed by atoms with Crippen LogP contribution in [0.25, 0.3) is 10.8 Å². The second-order valence-corrected chi connectivity index (χ2v) is 10.3. The zero-order valence-electron chi connectivity index (χ0n) is 20.2. The van der Waals surface area contributed by atoms with E-state index in [4.69, 9.17) is 5.73 Å². The molecule has 0 aromatic heterocycles. The summed E-state index contributed by atoms with van der Waals surface area (Å²) in [7, 11) is 0. The largest absolute Gasteiger partial charge is 0.333 e. The van der Waals surface area contributed by atoms with E-state index in [1.165, 1.54) is 5.56 Å². The molecule has 1 heterocycles. The minimum Gasteiger partial charge on any atom is -0.333 e. The molecular weight excluding hydrogens is 438 g/mol. The van der Waals surface area contributed by atoms with Crippen LogP contribution in [0.4, 0.5) is 0 Å². The monoisotopic (exact) mass is 475 g/mol. The standard InChI is InChI=1S/C29H37N3OS/c1-2-3-16-27-28(19-24(30)21-34-20-22-10-5-4-6-11-22)32(18-17-31-27)29(33)26-15-9-13-23-12-7-8-14-25(23)26/h4-15,24,27-28,31H,2-3,16-21,30H2,1H3/t24-,27+,28?/m1/s1. The normalized spacial score (nSPS) is 19.3. The van der Waals surface area contributed by atoms with Gasteiger partial charge in [0.15, 0.2) is 0 Å². The van der Waals surface area contributed by atoms with E-state index < -0.39 is 0 Å². The van der Waals surface area contributed by atoms with Crippen molar-refractivity contribution in [2.45, 2.75) is 56.5 Å². The van der Waals surface area contributed by atoms with Gasteiger partial charge in [-0.2, -0.15) is 11.8 Å². The summed E-state index contributed by atoms with van der Waals surface area (Å²) < 4.78 is 0. The number of fused-ring (bicyclic) bond motifs is 1. The summed E-state index contributed by atoms with van der Waals surface area (Å²) in [6.45, 7) is 3.78. The molecule has 1 amide bonds. The number of nitrogens with two attached hydrogens (primary N) is 1. The fraction of sp³-hybridized carbons (Fsp3) is 0.414. The number of nitrogens with one attached hydrogen (secondary N) is 1. The number of amides is 1. The zero-order chi connectivity index (χ0) is 23.8. The summed E-state index contributed by atoms with van der Waals surface area (Å²) in [4.78, 5) is 16.0. The number of carbonyl (C=O) groups excluding carboxylic acids is 1. The lowest BCUT2D eigenvalue weighted by Gasteiger charge is -2.43. The zero-order valence-corrected chi connectivity index (χ0v) is 21.0. The van der Waals surface area contributed by atoms with E-state index in [9.17, 15) is 4.79 Å². The molecule has 1 saturated heterocycles. The highest BCUT2D eigenvalue weighted by atomic mass is 32.2. The van der Waals surface area contributed by atoms with Crippen molar-refractivity contribution in [2.24, 2.45) is 5.73 Å². The number of hydrogen-bond donors (Lipinski definition) is 2. The van der Waals surface area contributed by atoms with E-state index in [1.807, 2.05) is 42.1 Å². The maximum absolute atomic E-state index is 13.9. The first-order chi connectivity index (χ1) is 16.7. The fourth-order valence-electron chi connectivity index (χ4n) is 5.00. The van der Waals surface area contributed by atoms with Gasteiger partial charge in [0.2, 0.25) is 0 Å². The van der Waals surface area contributed by atoms with Crippen molar-refractivity contribution in [3.63, 3.8) is 0 Å². The molecule has 0 spiro atoms. The van der Waals surface area contributed by atoms with E-state index in [-0.39, 0.29) is 24.0 Å². The van der Waals surface area contributed by atoms with Gasteiger partial charge in [0.05, 0.1) is 0 Å². The van der Waals surface area contributed by atoms with Crippen LogP contribution in [0.5, 0.6) is 0 Å². The molecule has 1 aliphatic rings. The molecule has 1 aliphatic heterocycles. The Morgan fingerprint density at radius 2 is 1.85 bits per heavy atom. The Morgan fingerprint density at radius 1 is 1.09 bits per heavy atom. The lowest BCUT2D eigenvalue weighted by molar-refractivity contribution is 0.0530. The number of unbranched alkanes of at least 4 members (excludes halogenated alkanes) is 1. The number of thioether (sulfide) groups is 1. The molecule has 180 valence electrons. The van der Waals surface area contributed by atoms with Crippen molar-refractivity contribution in [1.29, 1.82) is 0 Å². The van der Waals surface area contributed by atoms with Crippen molar-refractivity contribution >= 4 is 28.4 Å². The molecule has 3 N–H and O–H groups in total. The van der Waals surface area contributed by atoms with E-state index in [2.05, 4.69) is 59.6 Å².